The van der Waals surface area contributed by atoms with Crippen LogP contribution in [-0.2, 0) is 0 Å². The quantitative estimate of drug-likeness (QED) is 0.304. The van der Waals surface area contributed by atoms with Gasteiger partial charge in [-0.1, -0.05) is 6.07 Å². The molecule has 1 fully saturated rings. The summed E-state index contributed by atoms with van der Waals surface area (Å²) in [4.78, 5) is 16.4. The normalized spacial score (nSPS) is 15.2. The average Bonchev–Trinajstić information content (AvgIpc) is 3.61. The number of para-hydroxylation sites is 1. The van der Waals surface area contributed by atoms with E-state index in [1.165, 1.54) is 0 Å². The van der Waals surface area contributed by atoms with E-state index in [4.69, 9.17) is 28.9 Å². The highest BCUT2D eigenvalue weighted by Gasteiger charge is 2.28. The van der Waals surface area contributed by atoms with Gasteiger partial charge in [0.05, 0.1) is 52.0 Å². The summed E-state index contributed by atoms with van der Waals surface area (Å²) in [5, 5.41) is 14.1. The molecular formula is C28H34N6O5. The van der Waals surface area contributed by atoms with E-state index in [1.54, 1.807) is 27.7 Å². The van der Waals surface area contributed by atoms with Gasteiger partial charge >= 0.3 is 0 Å². The van der Waals surface area contributed by atoms with Crippen molar-refractivity contribution in [3.63, 3.8) is 0 Å². The number of nitrogens with one attached hydrogen (secondary N) is 1. The molecule has 4 aromatic rings. The molecule has 2 N–H and O–H groups in total. The first-order valence-corrected chi connectivity index (χ1v) is 12.9. The van der Waals surface area contributed by atoms with Crippen molar-refractivity contribution in [2.75, 3.05) is 44.7 Å². The summed E-state index contributed by atoms with van der Waals surface area (Å²) in [6.45, 7) is 4.84. The van der Waals surface area contributed by atoms with E-state index in [0.717, 1.165) is 36.3 Å². The van der Waals surface area contributed by atoms with Gasteiger partial charge < -0.3 is 38.8 Å². The number of hydrogen-bond donors (Lipinski definition) is 2. The molecule has 1 atom stereocenters. The number of ether oxygens (including phenoxy) is 4. The third-order valence-corrected chi connectivity index (χ3v) is 6.66. The Hall–Kier alpha value is -4.25. The summed E-state index contributed by atoms with van der Waals surface area (Å²) in [6.07, 6.45) is 5.39. The van der Waals surface area contributed by atoms with E-state index < -0.39 is 0 Å². The van der Waals surface area contributed by atoms with Crippen LogP contribution in [0.3, 0.4) is 0 Å². The number of aliphatic hydroxyl groups excluding tert-OH is 1. The SMILES string of the molecule is COc1cc(-n2cnc(Nc3nc(N4CCC[C@H]4CO)c4cccc(OC(C)C)c4n3)c2)cc(OC)c1OC. The van der Waals surface area contributed by atoms with Crippen LogP contribution in [0.2, 0.25) is 0 Å². The van der Waals surface area contributed by atoms with Crippen LogP contribution in [0.25, 0.3) is 16.6 Å². The van der Waals surface area contributed by atoms with Gasteiger partial charge in [-0.15, -0.1) is 0 Å². The third-order valence-electron chi connectivity index (χ3n) is 6.66. The van der Waals surface area contributed by atoms with Crippen molar-refractivity contribution in [2.24, 2.45) is 0 Å². The molecule has 2 aromatic carbocycles. The second kappa shape index (κ2) is 11.2. The lowest BCUT2D eigenvalue weighted by molar-refractivity contribution is 0.245. The minimum atomic E-state index is -0.0171. The molecule has 11 nitrogen and oxygen atoms in total. The van der Waals surface area contributed by atoms with Crippen molar-refractivity contribution in [3.8, 4) is 28.7 Å². The highest BCUT2D eigenvalue weighted by atomic mass is 16.5. The van der Waals surface area contributed by atoms with Crippen molar-refractivity contribution in [2.45, 2.75) is 38.8 Å². The number of fused-ring (bicyclic) bond motifs is 1. The topological polar surface area (TPSA) is 116 Å². The highest BCUT2D eigenvalue weighted by molar-refractivity contribution is 5.94. The Morgan fingerprint density at radius 3 is 2.49 bits per heavy atom. The van der Waals surface area contributed by atoms with E-state index >= 15 is 0 Å². The van der Waals surface area contributed by atoms with Gasteiger partial charge in [-0.05, 0) is 38.8 Å². The van der Waals surface area contributed by atoms with Gasteiger partial charge in [0.25, 0.3) is 0 Å². The lowest BCUT2D eigenvalue weighted by atomic mass is 10.2. The fourth-order valence-electron chi connectivity index (χ4n) is 4.90. The summed E-state index contributed by atoms with van der Waals surface area (Å²) < 4.78 is 24.4. The van der Waals surface area contributed by atoms with E-state index in [0.29, 0.717) is 40.3 Å². The summed E-state index contributed by atoms with van der Waals surface area (Å²) in [5.74, 6) is 3.97. The fraction of sp³-hybridized carbons (Fsp3) is 0.393. The maximum absolute atomic E-state index is 10.0. The Labute approximate surface area is 227 Å². The van der Waals surface area contributed by atoms with Crippen molar-refractivity contribution >= 4 is 28.5 Å². The molecule has 5 rings (SSSR count). The summed E-state index contributed by atoms with van der Waals surface area (Å²) in [5.41, 5.74) is 1.48. The first-order chi connectivity index (χ1) is 18.9. The lowest BCUT2D eigenvalue weighted by Crippen LogP contribution is -2.33. The Morgan fingerprint density at radius 2 is 1.82 bits per heavy atom. The zero-order valence-electron chi connectivity index (χ0n) is 22.8. The van der Waals surface area contributed by atoms with Crippen LogP contribution in [0.5, 0.6) is 23.0 Å². The number of rotatable bonds is 10. The largest absolute Gasteiger partial charge is 0.493 e. The predicted molar refractivity (Wildman–Crippen MR) is 149 cm³/mol. The van der Waals surface area contributed by atoms with Crippen LogP contribution in [-0.4, -0.2) is 71.3 Å². The number of imidazole rings is 1. The smallest absolute Gasteiger partial charge is 0.231 e. The molecule has 0 saturated carbocycles. The number of aromatic nitrogens is 4. The van der Waals surface area contributed by atoms with Crippen LogP contribution < -0.4 is 29.2 Å². The molecular weight excluding hydrogens is 500 g/mol. The number of hydrogen-bond acceptors (Lipinski definition) is 10. The van der Waals surface area contributed by atoms with Crippen molar-refractivity contribution < 1.29 is 24.1 Å². The minimum absolute atomic E-state index is 0.00450. The molecule has 2 aromatic heterocycles. The number of nitrogens with zero attached hydrogens (tertiary/aromatic N) is 5. The number of methoxy groups -OCH3 is 3. The van der Waals surface area contributed by atoms with Gasteiger partial charge in [0.1, 0.15) is 23.4 Å². The fourth-order valence-corrected chi connectivity index (χ4v) is 4.90. The summed E-state index contributed by atoms with van der Waals surface area (Å²) in [6, 6.07) is 9.54. The minimum Gasteiger partial charge on any atom is -0.493 e. The molecule has 0 unspecified atom stereocenters. The Balaban J connectivity index is 1.54. The molecule has 1 aliphatic rings. The molecule has 0 radical (unpaired) electrons. The molecule has 0 bridgehead atoms. The van der Waals surface area contributed by atoms with E-state index in [9.17, 15) is 5.11 Å². The first kappa shape index (κ1) is 26.4. The Morgan fingerprint density at radius 1 is 1.05 bits per heavy atom. The molecule has 0 spiro atoms. The van der Waals surface area contributed by atoms with Crippen molar-refractivity contribution in [1.29, 1.82) is 0 Å². The molecule has 39 heavy (non-hydrogen) atoms. The van der Waals surface area contributed by atoms with Gasteiger partial charge in [-0.2, -0.15) is 4.98 Å². The summed E-state index contributed by atoms with van der Waals surface area (Å²) in [7, 11) is 4.73. The second-order valence-electron chi connectivity index (χ2n) is 9.54. The zero-order valence-corrected chi connectivity index (χ0v) is 22.8. The number of aliphatic hydroxyl groups is 1. The van der Waals surface area contributed by atoms with Crippen LogP contribution in [0.1, 0.15) is 26.7 Å². The first-order valence-electron chi connectivity index (χ1n) is 12.9. The average molecular weight is 535 g/mol. The second-order valence-corrected chi connectivity index (χ2v) is 9.54. The Bertz CT molecular complexity index is 1430. The predicted octanol–water partition coefficient (Wildman–Crippen LogP) is 4.33. The van der Waals surface area contributed by atoms with Gasteiger partial charge in [0.15, 0.2) is 17.3 Å². The van der Waals surface area contributed by atoms with Crippen LogP contribution in [0, 0.1) is 0 Å². The zero-order chi connectivity index (χ0) is 27.5. The van der Waals surface area contributed by atoms with Gasteiger partial charge in [-0.3, -0.25) is 0 Å². The van der Waals surface area contributed by atoms with E-state index in [2.05, 4.69) is 15.2 Å². The maximum Gasteiger partial charge on any atom is 0.231 e. The van der Waals surface area contributed by atoms with Crippen LogP contribution >= 0.6 is 0 Å². The van der Waals surface area contributed by atoms with Crippen LogP contribution in [0.4, 0.5) is 17.6 Å². The standard InChI is InChI=1S/C28H34N6O5/c1-17(2)39-21-10-6-9-20-25(21)31-28(32-27(20)34-11-7-8-18(34)15-35)30-24-14-33(16-29-24)19-12-22(36-3)26(38-5)23(13-19)37-4/h6,9-10,12-14,16-18,35H,7-8,11,15H2,1-5H3,(H,30,31,32)/t18-/m0/s1. The molecule has 11 heteroatoms. The Kier molecular flexibility index (Phi) is 7.60. The molecule has 3 heterocycles. The van der Waals surface area contributed by atoms with Crippen molar-refractivity contribution in [1.82, 2.24) is 19.5 Å². The molecule has 0 aliphatic carbocycles. The lowest BCUT2D eigenvalue weighted by Gasteiger charge is -2.26. The number of anilines is 3. The summed E-state index contributed by atoms with van der Waals surface area (Å²) >= 11 is 0. The van der Waals surface area contributed by atoms with Gasteiger partial charge in [0.2, 0.25) is 11.7 Å². The van der Waals surface area contributed by atoms with E-state index in [1.807, 2.05) is 54.9 Å². The van der Waals surface area contributed by atoms with Gasteiger partial charge in [0, 0.05) is 24.1 Å². The number of benzene rings is 2. The monoisotopic (exact) mass is 534 g/mol. The molecule has 1 aliphatic heterocycles. The molecule has 1 saturated heterocycles. The molecule has 206 valence electrons. The van der Waals surface area contributed by atoms with Gasteiger partial charge in [-0.25, -0.2) is 9.97 Å². The van der Waals surface area contributed by atoms with Crippen LogP contribution in [0.15, 0.2) is 42.9 Å². The maximum atomic E-state index is 10.0. The highest BCUT2D eigenvalue weighted by Crippen LogP contribution is 2.40. The van der Waals surface area contributed by atoms with Crippen molar-refractivity contribution in [3.05, 3.63) is 42.9 Å². The third kappa shape index (κ3) is 5.22. The molecule has 0 amide bonds. The van der Waals surface area contributed by atoms with E-state index in [-0.39, 0.29) is 18.8 Å².